The van der Waals surface area contributed by atoms with Crippen molar-refractivity contribution in [3.8, 4) is 5.75 Å². The molecule has 0 bridgehead atoms. The lowest BCUT2D eigenvalue weighted by molar-refractivity contribution is -0.148. The Labute approximate surface area is 110 Å². The highest BCUT2D eigenvalue weighted by molar-refractivity contribution is 5.51. The van der Waals surface area contributed by atoms with E-state index in [1.165, 1.54) is 12.0 Å². The van der Waals surface area contributed by atoms with E-state index in [1.54, 1.807) is 18.2 Å². The summed E-state index contributed by atoms with van der Waals surface area (Å²) >= 11 is 0. The minimum atomic E-state index is -4.18. The largest absolute Gasteiger partial charge is 0.497 e. The van der Waals surface area contributed by atoms with Crippen LogP contribution in [0.25, 0.3) is 0 Å². The first-order chi connectivity index (χ1) is 8.89. The van der Waals surface area contributed by atoms with E-state index in [2.05, 4.69) is 0 Å². The van der Waals surface area contributed by atoms with Crippen molar-refractivity contribution in [1.29, 1.82) is 0 Å². The van der Waals surface area contributed by atoms with Crippen LogP contribution in [-0.2, 0) is 6.54 Å². The van der Waals surface area contributed by atoms with Gasteiger partial charge in [0.15, 0.2) is 0 Å². The maximum atomic E-state index is 12.5. The summed E-state index contributed by atoms with van der Waals surface area (Å²) in [6.07, 6.45) is -2.53. The molecule has 0 heterocycles. The van der Waals surface area contributed by atoms with E-state index in [-0.39, 0.29) is 12.6 Å². The van der Waals surface area contributed by atoms with E-state index in [0.717, 1.165) is 12.8 Å². The van der Waals surface area contributed by atoms with E-state index >= 15 is 0 Å². The lowest BCUT2D eigenvalue weighted by Crippen LogP contribution is -2.35. The molecule has 0 aliphatic heterocycles. The SMILES string of the molecule is COc1ccc(CN(CC(F)(F)F)C2CC2)c(N)c1. The Bertz CT molecular complexity index is 444. The first kappa shape index (κ1) is 14.0. The van der Waals surface area contributed by atoms with Crippen LogP contribution in [-0.4, -0.2) is 30.8 Å². The van der Waals surface area contributed by atoms with Crippen molar-refractivity contribution in [1.82, 2.24) is 4.90 Å². The first-order valence-corrected chi connectivity index (χ1v) is 6.12. The molecule has 1 saturated carbocycles. The maximum Gasteiger partial charge on any atom is 0.401 e. The third-order valence-electron chi connectivity index (χ3n) is 3.17. The van der Waals surface area contributed by atoms with Crippen LogP contribution >= 0.6 is 0 Å². The second-order valence-corrected chi connectivity index (χ2v) is 4.82. The van der Waals surface area contributed by atoms with Crippen LogP contribution in [0.3, 0.4) is 0 Å². The molecule has 0 radical (unpaired) electrons. The third-order valence-corrected chi connectivity index (χ3v) is 3.17. The summed E-state index contributed by atoms with van der Waals surface area (Å²) in [6, 6.07) is 5.10. The molecule has 1 fully saturated rings. The maximum absolute atomic E-state index is 12.5. The van der Waals surface area contributed by atoms with E-state index in [9.17, 15) is 13.2 Å². The van der Waals surface area contributed by atoms with Crippen molar-refractivity contribution in [2.75, 3.05) is 19.4 Å². The molecule has 6 heteroatoms. The zero-order valence-electron chi connectivity index (χ0n) is 10.7. The van der Waals surface area contributed by atoms with E-state index in [0.29, 0.717) is 17.0 Å². The van der Waals surface area contributed by atoms with E-state index in [4.69, 9.17) is 10.5 Å². The quantitative estimate of drug-likeness (QED) is 0.839. The Balaban J connectivity index is 2.08. The van der Waals surface area contributed by atoms with Gasteiger partial charge in [0.1, 0.15) is 5.75 Å². The molecule has 0 aromatic heterocycles. The molecule has 1 aliphatic rings. The Morgan fingerprint density at radius 1 is 1.37 bits per heavy atom. The molecule has 1 aromatic carbocycles. The van der Waals surface area contributed by atoms with Crippen molar-refractivity contribution < 1.29 is 17.9 Å². The number of nitrogen functional groups attached to an aromatic ring is 1. The number of halogens is 3. The van der Waals surface area contributed by atoms with Gasteiger partial charge in [0.2, 0.25) is 0 Å². The smallest absolute Gasteiger partial charge is 0.401 e. The van der Waals surface area contributed by atoms with Gasteiger partial charge in [0.25, 0.3) is 0 Å². The molecule has 2 N–H and O–H groups in total. The summed E-state index contributed by atoms with van der Waals surface area (Å²) < 4.78 is 42.6. The Hall–Kier alpha value is -1.43. The van der Waals surface area contributed by atoms with Crippen molar-refractivity contribution in [2.24, 2.45) is 0 Å². The molecule has 2 rings (SSSR count). The fourth-order valence-electron chi connectivity index (χ4n) is 2.05. The minimum absolute atomic E-state index is 0.0307. The number of nitrogens with two attached hydrogens (primary N) is 1. The standard InChI is InChI=1S/C13H17F3N2O/c1-19-11-5-2-9(12(17)6-11)7-18(10-3-4-10)8-13(14,15)16/h2,5-6,10H,3-4,7-8,17H2,1H3. The van der Waals surface area contributed by atoms with Crippen LogP contribution in [0.4, 0.5) is 18.9 Å². The van der Waals surface area contributed by atoms with Gasteiger partial charge in [-0.25, -0.2) is 0 Å². The fourth-order valence-corrected chi connectivity index (χ4v) is 2.05. The van der Waals surface area contributed by atoms with Crippen LogP contribution in [0.15, 0.2) is 18.2 Å². The van der Waals surface area contributed by atoms with E-state index in [1.807, 2.05) is 0 Å². The van der Waals surface area contributed by atoms with Gasteiger partial charge in [0.05, 0.1) is 13.7 Å². The van der Waals surface area contributed by atoms with Crippen LogP contribution in [0.1, 0.15) is 18.4 Å². The highest BCUT2D eigenvalue weighted by Gasteiger charge is 2.38. The van der Waals surface area contributed by atoms with Crippen LogP contribution in [0, 0.1) is 0 Å². The van der Waals surface area contributed by atoms with Gasteiger partial charge in [-0.15, -0.1) is 0 Å². The number of anilines is 1. The molecule has 0 spiro atoms. The Morgan fingerprint density at radius 3 is 2.53 bits per heavy atom. The third kappa shape index (κ3) is 4.02. The van der Waals surface area contributed by atoms with Crippen LogP contribution in [0.2, 0.25) is 0 Å². The monoisotopic (exact) mass is 274 g/mol. The number of hydrogen-bond acceptors (Lipinski definition) is 3. The molecule has 0 atom stereocenters. The molecule has 106 valence electrons. The zero-order chi connectivity index (χ0) is 14.0. The lowest BCUT2D eigenvalue weighted by atomic mass is 10.1. The molecule has 1 aliphatic carbocycles. The summed E-state index contributed by atoms with van der Waals surface area (Å²) in [5, 5.41) is 0. The number of ether oxygens (including phenoxy) is 1. The first-order valence-electron chi connectivity index (χ1n) is 6.12. The molecule has 0 saturated heterocycles. The average Bonchev–Trinajstić information content (AvgIpc) is 3.12. The molecule has 0 amide bonds. The summed E-state index contributed by atoms with van der Waals surface area (Å²) in [6.45, 7) is -0.664. The topological polar surface area (TPSA) is 38.5 Å². The molecule has 1 aromatic rings. The van der Waals surface area contributed by atoms with Gasteiger partial charge in [-0.05, 0) is 24.5 Å². The van der Waals surface area contributed by atoms with Gasteiger partial charge in [-0.3, -0.25) is 4.90 Å². The average molecular weight is 274 g/mol. The number of benzene rings is 1. The van der Waals surface area contributed by atoms with Gasteiger partial charge in [0, 0.05) is 24.3 Å². The van der Waals surface area contributed by atoms with Crippen LogP contribution < -0.4 is 10.5 Å². The van der Waals surface area contributed by atoms with Gasteiger partial charge in [-0.2, -0.15) is 13.2 Å². The number of methoxy groups -OCH3 is 1. The predicted octanol–water partition coefficient (Wildman–Crippen LogP) is 2.80. The summed E-state index contributed by atoms with van der Waals surface area (Å²) in [5.41, 5.74) is 7.01. The second-order valence-electron chi connectivity index (χ2n) is 4.82. The summed E-state index contributed by atoms with van der Waals surface area (Å²) in [4.78, 5) is 1.44. The number of hydrogen-bond donors (Lipinski definition) is 1. The molecular formula is C13H17F3N2O. The predicted molar refractivity (Wildman–Crippen MR) is 66.9 cm³/mol. The van der Waals surface area contributed by atoms with Crippen molar-refractivity contribution in [3.05, 3.63) is 23.8 Å². The molecule has 3 nitrogen and oxygen atoms in total. The van der Waals surface area contributed by atoms with Crippen LogP contribution in [0.5, 0.6) is 5.75 Å². The summed E-state index contributed by atoms with van der Waals surface area (Å²) in [7, 11) is 1.52. The minimum Gasteiger partial charge on any atom is -0.497 e. The van der Waals surface area contributed by atoms with Crippen molar-refractivity contribution in [2.45, 2.75) is 31.6 Å². The fraction of sp³-hybridized carbons (Fsp3) is 0.538. The molecule has 0 unspecified atom stereocenters. The van der Waals surface area contributed by atoms with Gasteiger partial charge < -0.3 is 10.5 Å². The van der Waals surface area contributed by atoms with Crippen molar-refractivity contribution >= 4 is 5.69 Å². The highest BCUT2D eigenvalue weighted by atomic mass is 19.4. The second kappa shape index (κ2) is 5.28. The molecular weight excluding hydrogens is 257 g/mol. The lowest BCUT2D eigenvalue weighted by Gasteiger charge is -2.24. The highest BCUT2D eigenvalue weighted by Crippen LogP contribution is 2.32. The summed E-state index contributed by atoms with van der Waals surface area (Å²) in [5.74, 6) is 0.607. The Kier molecular flexibility index (Phi) is 3.89. The van der Waals surface area contributed by atoms with Gasteiger partial charge >= 0.3 is 6.18 Å². The van der Waals surface area contributed by atoms with Crippen molar-refractivity contribution in [3.63, 3.8) is 0 Å². The zero-order valence-corrected chi connectivity index (χ0v) is 10.7. The Morgan fingerprint density at radius 2 is 2.05 bits per heavy atom. The van der Waals surface area contributed by atoms with E-state index < -0.39 is 12.7 Å². The molecule has 19 heavy (non-hydrogen) atoms. The number of alkyl halides is 3. The van der Waals surface area contributed by atoms with Gasteiger partial charge in [-0.1, -0.05) is 6.07 Å². The number of rotatable bonds is 5. The number of nitrogens with zero attached hydrogens (tertiary/aromatic N) is 1. The normalized spacial score (nSPS) is 15.8.